The number of carbonyl (C=O) groups excluding carboxylic acids is 1. The minimum absolute atomic E-state index is 0.223. The summed E-state index contributed by atoms with van der Waals surface area (Å²) in [6.07, 6.45) is 1.16. The first-order valence-corrected chi connectivity index (χ1v) is 6.29. The van der Waals surface area contributed by atoms with Crippen molar-refractivity contribution in [2.75, 3.05) is 19.6 Å². The minimum atomic E-state index is 0.223. The zero-order chi connectivity index (χ0) is 10.3. The number of amides is 1. The summed E-state index contributed by atoms with van der Waals surface area (Å²) in [5.41, 5.74) is 0. The molecule has 1 amide bonds. The van der Waals surface area contributed by atoms with Gasteiger partial charge < -0.3 is 10.2 Å². The van der Waals surface area contributed by atoms with Gasteiger partial charge in [-0.15, -0.1) is 11.3 Å². The molecule has 0 aromatic carbocycles. The fourth-order valence-corrected chi connectivity index (χ4v) is 3.32. The third kappa shape index (κ3) is 1.48. The highest BCUT2D eigenvalue weighted by atomic mass is 32.1. The summed E-state index contributed by atoms with van der Waals surface area (Å²) in [6, 6.07) is 4.31. The van der Waals surface area contributed by atoms with Gasteiger partial charge in [0.05, 0.1) is 4.88 Å². The summed E-state index contributed by atoms with van der Waals surface area (Å²) in [4.78, 5) is 15.1. The van der Waals surface area contributed by atoms with E-state index in [1.54, 1.807) is 11.3 Å². The molecule has 3 nitrogen and oxygen atoms in total. The van der Waals surface area contributed by atoms with Crippen LogP contribution in [-0.2, 0) is 0 Å². The molecule has 3 heterocycles. The van der Waals surface area contributed by atoms with Gasteiger partial charge in [0.25, 0.3) is 5.91 Å². The van der Waals surface area contributed by atoms with E-state index < -0.39 is 0 Å². The van der Waals surface area contributed by atoms with Crippen LogP contribution in [0.3, 0.4) is 0 Å². The molecule has 2 aliphatic heterocycles. The van der Waals surface area contributed by atoms with Crippen LogP contribution in [0.2, 0.25) is 0 Å². The van der Waals surface area contributed by atoms with Crippen molar-refractivity contribution in [3.63, 3.8) is 0 Å². The molecule has 0 saturated carbocycles. The minimum Gasteiger partial charge on any atom is -0.333 e. The van der Waals surface area contributed by atoms with Crippen molar-refractivity contribution in [1.29, 1.82) is 0 Å². The Hall–Kier alpha value is -0.870. The lowest BCUT2D eigenvalue weighted by molar-refractivity contribution is 0.0742. The highest BCUT2D eigenvalue weighted by molar-refractivity contribution is 7.12. The molecule has 0 radical (unpaired) electrons. The van der Waals surface area contributed by atoms with E-state index >= 15 is 0 Å². The Kier molecular flexibility index (Phi) is 2.25. The molecule has 2 aliphatic rings. The smallest absolute Gasteiger partial charge is 0.264 e. The Balaban J connectivity index is 1.80. The van der Waals surface area contributed by atoms with Gasteiger partial charge in [0.2, 0.25) is 0 Å². The predicted molar refractivity (Wildman–Crippen MR) is 60.1 cm³/mol. The van der Waals surface area contributed by atoms with Gasteiger partial charge in [-0.1, -0.05) is 6.07 Å². The molecule has 1 aromatic rings. The number of hydrogen-bond acceptors (Lipinski definition) is 3. The zero-order valence-corrected chi connectivity index (χ0v) is 9.30. The number of hydrogen-bond donors (Lipinski definition) is 1. The monoisotopic (exact) mass is 222 g/mol. The summed E-state index contributed by atoms with van der Waals surface area (Å²) in [7, 11) is 0. The van der Waals surface area contributed by atoms with E-state index in [1.807, 2.05) is 17.5 Å². The molecule has 80 valence electrons. The van der Waals surface area contributed by atoms with Crippen LogP contribution >= 0.6 is 11.3 Å². The van der Waals surface area contributed by atoms with Crippen LogP contribution in [0.4, 0.5) is 0 Å². The normalized spacial score (nSPS) is 29.5. The van der Waals surface area contributed by atoms with Gasteiger partial charge >= 0.3 is 0 Å². The standard InChI is InChI=1S/C11H14N2OS/c14-11(10-2-1-5-15-10)13-4-3-8-6-12-7-9(8)13/h1-2,5,8-9,12H,3-4,6-7H2/t8-,9+/m0/s1. The van der Waals surface area contributed by atoms with Crippen molar-refractivity contribution >= 4 is 17.2 Å². The van der Waals surface area contributed by atoms with Crippen LogP contribution in [0.25, 0.3) is 0 Å². The quantitative estimate of drug-likeness (QED) is 0.774. The van der Waals surface area contributed by atoms with Gasteiger partial charge in [0, 0.05) is 25.7 Å². The SMILES string of the molecule is O=C(c1cccs1)N1CC[C@H]2CNC[C@H]21. The van der Waals surface area contributed by atoms with Gasteiger partial charge in [-0.2, -0.15) is 0 Å². The molecular formula is C11H14N2OS. The Morgan fingerprint density at radius 1 is 1.53 bits per heavy atom. The number of nitrogens with one attached hydrogen (secondary N) is 1. The predicted octanol–water partition coefficient (Wildman–Crippen LogP) is 1.18. The molecule has 4 heteroatoms. The first-order valence-electron chi connectivity index (χ1n) is 5.41. The Bertz CT molecular complexity index is 363. The number of nitrogens with zero attached hydrogens (tertiary/aromatic N) is 1. The molecule has 2 saturated heterocycles. The van der Waals surface area contributed by atoms with Crippen LogP contribution in [-0.4, -0.2) is 36.5 Å². The average Bonchev–Trinajstić information content (AvgIpc) is 2.94. The van der Waals surface area contributed by atoms with Crippen LogP contribution in [0.1, 0.15) is 16.1 Å². The average molecular weight is 222 g/mol. The summed E-state index contributed by atoms with van der Waals surface area (Å²) in [5, 5.41) is 5.33. The van der Waals surface area contributed by atoms with E-state index in [0.717, 1.165) is 30.9 Å². The van der Waals surface area contributed by atoms with Gasteiger partial charge in [-0.25, -0.2) is 0 Å². The molecule has 2 fully saturated rings. The van der Waals surface area contributed by atoms with Crippen molar-refractivity contribution < 1.29 is 4.79 Å². The summed E-state index contributed by atoms with van der Waals surface area (Å²) >= 11 is 1.54. The van der Waals surface area contributed by atoms with Gasteiger partial charge in [-0.3, -0.25) is 4.79 Å². The molecular weight excluding hydrogens is 208 g/mol. The number of thiophene rings is 1. The van der Waals surface area contributed by atoms with E-state index in [9.17, 15) is 4.79 Å². The molecule has 1 N–H and O–H groups in total. The van der Waals surface area contributed by atoms with Gasteiger partial charge in [0.15, 0.2) is 0 Å². The van der Waals surface area contributed by atoms with Crippen LogP contribution in [0, 0.1) is 5.92 Å². The van der Waals surface area contributed by atoms with Crippen LogP contribution in [0.15, 0.2) is 17.5 Å². The van der Waals surface area contributed by atoms with Crippen LogP contribution < -0.4 is 5.32 Å². The van der Waals surface area contributed by atoms with Crippen molar-refractivity contribution in [2.24, 2.45) is 5.92 Å². The summed E-state index contributed by atoms with van der Waals surface area (Å²) in [5.74, 6) is 0.912. The fraction of sp³-hybridized carbons (Fsp3) is 0.545. The molecule has 0 bridgehead atoms. The molecule has 3 rings (SSSR count). The first-order chi connectivity index (χ1) is 7.36. The molecule has 2 atom stereocenters. The lowest BCUT2D eigenvalue weighted by Crippen LogP contribution is -2.38. The van der Waals surface area contributed by atoms with Crippen LogP contribution in [0.5, 0.6) is 0 Å². The van der Waals surface area contributed by atoms with Crippen molar-refractivity contribution in [3.8, 4) is 0 Å². The van der Waals surface area contributed by atoms with E-state index in [0.29, 0.717) is 12.0 Å². The highest BCUT2D eigenvalue weighted by Crippen LogP contribution is 2.29. The Labute approximate surface area is 93.1 Å². The number of rotatable bonds is 1. The van der Waals surface area contributed by atoms with Crippen molar-refractivity contribution in [2.45, 2.75) is 12.5 Å². The zero-order valence-electron chi connectivity index (χ0n) is 8.48. The third-order valence-corrected chi connectivity index (χ3v) is 4.30. The second-order valence-electron chi connectivity index (χ2n) is 4.25. The molecule has 0 unspecified atom stereocenters. The second-order valence-corrected chi connectivity index (χ2v) is 5.20. The van der Waals surface area contributed by atoms with E-state index in [2.05, 4.69) is 10.2 Å². The lowest BCUT2D eigenvalue weighted by Gasteiger charge is -2.22. The fourth-order valence-electron chi connectivity index (χ4n) is 2.64. The maximum Gasteiger partial charge on any atom is 0.264 e. The number of likely N-dealkylation sites (tertiary alicyclic amines) is 1. The molecule has 0 spiro atoms. The van der Waals surface area contributed by atoms with Crippen molar-refractivity contribution in [1.82, 2.24) is 10.2 Å². The maximum absolute atomic E-state index is 12.2. The van der Waals surface area contributed by atoms with E-state index in [-0.39, 0.29) is 5.91 Å². The Morgan fingerprint density at radius 3 is 3.27 bits per heavy atom. The Morgan fingerprint density at radius 2 is 2.47 bits per heavy atom. The largest absolute Gasteiger partial charge is 0.333 e. The van der Waals surface area contributed by atoms with E-state index in [1.165, 1.54) is 0 Å². The lowest BCUT2D eigenvalue weighted by atomic mass is 10.1. The maximum atomic E-state index is 12.2. The second kappa shape index (κ2) is 3.61. The van der Waals surface area contributed by atoms with E-state index in [4.69, 9.17) is 0 Å². The first kappa shape index (κ1) is 9.36. The number of carbonyl (C=O) groups is 1. The van der Waals surface area contributed by atoms with Gasteiger partial charge in [0.1, 0.15) is 0 Å². The van der Waals surface area contributed by atoms with Crippen molar-refractivity contribution in [3.05, 3.63) is 22.4 Å². The van der Waals surface area contributed by atoms with Gasteiger partial charge in [-0.05, 0) is 23.8 Å². The summed E-state index contributed by atoms with van der Waals surface area (Å²) in [6.45, 7) is 2.99. The topological polar surface area (TPSA) is 32.3 Å². The number of fused-ring (bicyclic) bond motifs is 1. The molecule has 15 heavy (non-hydrogen) atoms. The third-order valence-electron chi connectivity index (χ3n) is 3.44. The molecule has 0 aliphatic carbocycles. The highest BCUT2D eigenvalue weighted by Gasteiger charge is 2.40. The summed E-state index contributed by atoms with van der Waals surface area (Å²) < 4.78 is 0. The molecule has 1 aromatic heterocycles.